The maximum atomic E-state index is 5.71. The van der Waals surface area contributed by atoms with Gasteiger partial charge in [-0.1, -0.05) is 13.8 Å². The summed E-state index contributed by atoms with van der Waals surface area (Å²) < 4.78 is 4.91. The normalized spacial score (nSPS) is 14.1. The van der Waals surface area contributed by atoms with Crippen LogP contribution in [-0.4, -0.2) is 19.8 Å². The maximum Gasteiger partial charge on any atom is 0.0613 e. The smallest absolute Gasteiger partial charge is 0.0613 e. The van der Waals surface area contributed by atoms with E-state index in [2.05, 4.69) is 13.8 Å². The number of ether oxygens (including phenoxy) is 1. The van der Waals surface area contributed by atoms with Gasteiger partial charge in [0, 0.05) is 13.2 Å². The van der Waals surface area contributed by atoms with Crippen molar-refractivity contribution in [2.75, 3.05) is 13.7 Å². The summed E-state index contributed by atoms with van der Waals surface area (Å²) in [4.78, 5) is 0. The summed E-state index contributed by atoms with van der Waals surface area (Å²) in [5.41, 5.74) is 5.71. The van der Waals surface area contributed by atoms with Crippen LogP contribution in [0.15, 0.2) is 0 Å². The van der Waals surface area contributed by atoms with Crippen LogP contribution in [0.5, 0.6) is 0 Å². The van der Waals surface area contributed by atoms with E-state index in [1.165, 1.54) is 6.42 Å². The van der Waals surface area contributed by atoms with Crippen molar-refractivity contribution in [3.63, 3.8) is 0 Å². The van der Waals surface area contributed by atoms with Crippen LogP contribution in [0.25, 0.3) is 0 Å². The zero-order valence-electron chi connectivity index (χ0n) is 7.26. The first-order chi connectivity index (χ1) is 4.66. The highest BCUT2D eigenvalue weighted by molar-refractivity contribution is 4.60. The van der Waals surface area contributed by atoms with Gasteiger partial charge >= 0.3 is 0 Å². The van der Waals surface area contributed by atoms with E-state index in [0.29, 0.717) is 6.61 Å². The fourth-order valence-electron chi connectivity index (χ4n) is 0.845. The molecule has 0 bridgehead atoms. The van der Waals surface area contributed by atoms with Crippen molar-refractivity contribution in [1.82, 2.24) is 0 Å². The Morgan fingerprint density at radius 2 is 1.90 bits per heavy atom. The minimum Gasteiger partial charge on any atom is -0.383 e. The summed E-state index contributed by atoms with van der Waals surface area (Å²) in [5.74, 6) is 0.753. The van der Waals surface area contributed by atoms with Gasteiger partial charge in [0.2, 0.25) is 0 Å². The van der Waals surface area contributed by atoms with Crippen molar-refractivity contribution in [2.24, 2.45) is 11.7 Å². The monoisotopic (exact) mass is 145 g/mol. The summed E-state index contributed by atoms with van der Waals surface area (Å²) in [6, 6.07) is 0.229. The topological polar surface area (TPSA) is 35.2 Å². The highest BCUT2D eigenvalue weighted by Crippen LogP contribution is 2.05. The molecule has 0 heterocycles. The molecule has 0 fully saturated rings. The van der Waals surface area contributed by atoms with Gasteiger partial charge in [-0.05, 0) is 18.8 Å². The molecule has 0 saturated carbocycles. The molecule has 10 heavy (non-hydrogen) atoms. The van der Waals surface area contributed by atoms with Crippen LogP contribution in [0.4, 0.5) is 0 Å². The van der Waals surface area contributed by atoms with E-state index in [4.69, 9.17) is 10.5 Å². The minimum absolute atomic E-state index is 0.229. The number of hydrogen-bond acceptors (Lipinski definition) is 2. The first-order valence-corrected chi connectivity index (χ1v) is 3.91. The molecule has 0 amide bonds. The Morgan fingerprint density at radius 3 is 2.30 bits per heavy atom. The van der Waals surface area contributed by atoms with Gasteiger partial charge in [0.1, 0.15) is 0 Å². The Hall–Kier alpha value is -0.0800. The lowest BCUT2D eigenvalue weighted by Crippen LogP contribution is -2.25. The van der Waals surface area contributed by atoms with Gasteiger partial charge in [-0.25, -0.2) is 0 Å². The van der Waals surface area contributed by atoms with E-state index >= 15 is 0 Å². The van der Waals surface area contributed by atoms with Gasteiger partial charge in [0.25, 0.3) is 0 Å². The van der Waals surface area contributed by atoms with Gasteiger partial charge in [-0.3, -0.25) is 0 Å². The van der Waals surface area contributed by atoms with Crippen LogP contribution >= 0.6 is 0 Å². The number of rotatable bonds is 5. The minimum atomic E-state index is 0.229. The van der Waals surface area contributed by atoms with Gasteiger partial charge in [0.05, 0.1) is 6.61 Å². The Balaban J connectivity index is 3.12. The molecule has 0 aliphatic rings. The lowest BCUT2D eigenvalue weighted by Gasteiger charge is -2.11. The molecule has 2 N–H and O–H groups in total. The van der Waals surface area contributed by atoms with Crippen molar-refractivity contribution in [3.8, 4) is 0 Å². The lowest BCUT2D eigenvalue weighted by molar-refractivity contribution is 0.174. The average molecular weight is 145 g/mol. The van der Waals surface area contributed by atoms with Crippen LogP contribution in [0.1, 0.15) is 26.7 Å². The molecule has 0 aliphatic carbocycles. The molecule has 0 rings (SSSR count). The second-order valence-corrected chi connectivity index (χ2v) is 3.19. The van der Waals surface area contributed by atoms with Crippen molar-refractivity contribution >= 4 is 0 Å². The molecule has 0 radical (unpaired) electrons. The van der Waals surface area contributed by atoms with Crippen LogP contribution in [0.3, 0.4) is 0 Å². The van der Waals surface area contributed by atoms with E-state index in [1.54, 1.807) is 7.11 Å². The standard InChI is InChI=1S/C8H19NO/c1-7(2)4-5-8(9)6-10-3/h7-8H,4-6,9H2,1-3H3. The maximum absolute atomic E-state index is 5.71. The summed E-state index contributed by atoms with van der Waals surface area (Å²) in [7, 11) is 1.69. The van der Waals surface area contributed by atoms with E-state index in [0.717, 1.165) is 12.3 Å². The van der Waals surface area contributed by atoms with Gasteiger partial charge in [0.15, 0.2) is 0 Å². The first kappa shape index (κ1) is 9.92. The molecular weight excluding hydrogens is 126 g/mol. The highest BCUT2D eigenvalue weighted by atomic mass is 16.5. The van der Waals surface area contributed by atoms with E-state index in [1.807, 2.05) is 0 Å². The van der Waals surface area contributed by atoms with E-state index in [9.17, 15) is 0 Å². The van der Waals surface area contributed by atoms with Crippen LogP contribution in [0, 0.1) is 5.92 Å². The largest absolute Gasteiger partial charge is 0.383 e. The summed E-state index contributed by atoms with van der Waals surface area (Å²) in [6.45, 7) is 5.10. The molecule has 1 atom stereocenters. The van der Waals surface area contributed by atoms with Gasteiger partial charge in [-0.15, -0.1) is 0 Å². The molecule has 0 aromatic heterocycles. The molecule has 62 valence electrons. The number of nitrogens with two attached hydrogens (primary N) is 1. The Bertz CT molecular complexity index is 73.7. The van der Waals surface area contributed by atoms with Crippen LogP contribution in [-0.2, 0) is 4.74 Å². The Morgan fingerprint density at radius 1 is 1.30 bits per heavy atom. The molecule has 0 aromatic rings. The predicted molar refractivity (Wildman–Crippen MR) is 43.9 cm³/mol. The zero-order chi connectivity index (χ0) is 7.98. The molecular formula is C8H19NO. The lowest BCUT2D eigenvalue weighted by atomic mass is 10.0. The molecule has 1 unspecified atom stereocenters. The molecule has 2 nitrogen and oxygen atoms in total. The van der Waals surface area contributed by atoms with Gasteiger partial charge in [-0.2, -0.15) is 0 Å². The summed E-state index contributed by atoms with van der Waals surface area (Å²) >= 11 is 0. The summed E-state index contributed by atoms with van der Waals surface area (Å²) in [5, 5.41) is 0. The molecule has 0 spiro atoms. The van der Waals surface area contributed by atoms with Crippen molar-refractivity contribution in [2.45, 2.75) is 32.7 Å². The molecule has 0 saturated heterocycles. The number of hydrogen-bond donors (Lipinski definition) is 1. The van der Waals surface area contributed by atoms with Crippen molar-refractivity contribution in [1.29, 1.82) is 0 Å². The molecule has 2 heteroatoms. The SMILES string of the molecule is COCC(N)CCC(C)C. The third kappa shape index (κ3) is 6.05. The second-order valence-electron chi connectivity index (χ2n) is 3.19. The Labute approximate surface area is 63.7 Å². The number of methoxy groups -OCH3 is 1. The Kier molecular flexibility index (Phi) is 5.64. The molecule has 0 aliphatic heterocycles. The van der Waals surface area contributed by atoms with Crippen molar-refractivity contribution in [3.05, 3.63) is 0 Å². The zero-order valence-corrected chi connectivity index (χ0v) is 7.26. The highest BCUT2D eigenvalue weighted by Gasteiger charge is 2.02. The predicted octanol–water partition coefficient (Wildman–Crippen LogP) is 1.40. The molecule has 0 aromatic carbocycles. The fourth-order valence-corrected chi connectivity index (χ4v) is 0.845. The van der Waals surface area contributed by atoms with Gasteiger partial charge < -0.3 is 10.5 Å². The quantitative estimate of drug-likeness (QED) is 0.634. The third-order valence-electron chi connectivity index (χ3n) is 1.50. The first-order valence-electron chi connectivity index (χ1n) is 3.91. The second kappa shape index (κ2) is 5.69. The fraction of sp³-hybridized carbons (Fsp3) is 1.00. The average Bonchev–Trinajstić information content (AvgIpc) is 1.85. The van der Waals surface area contributed by atoms with Crippen molar-refractivity contribution < 1.29 is 4.74 Å². The van der Waals surface area contributed by atoms with E-state index in [-0.39, 0.29) is 6.04 Å². The van der Waals surface area contributed by atoms with Crippen LogP contribution < -0.4 is 5.73 Å². The van der Waals surface area contributed by atoms with Crippen LogP contribution in [0.2, 0.25) is 0 Å². The van der Waals surface area contributed by atoms with E-state index < -0.39 is 0 Å². The summed E-state index contributed by atoms with van der Waals surface area (Å²) in [6.07, 6.45) is 2.27. The third-order valence-corrected chi connectivity index (χ3v) is 1.50.